The molecule has 0 radical (unpaired) electrons. The summed E-state index contributed by atoms with van der Waals surface area (Å²) in [5.74, 6) is 3.17. The molecule has 0 aromatic carbocycles. The van der Waals surface area contributed by atoms with Crippen LogP contribution in [-0.2, 0) is 6.42 Å². The van der Waals surface area contributed by atoms with Crippen LogP contribution in [0.5, 0.6) is 0 Å². The van der Waals surface area contributed by atoms with Gasteiger partial charge in [0.05, 0.1) is 0 Å². The number of hydrogen-bond donors (Lipinski definition) is 1. The second-order valence-electron chi connectivity index (χ2n) is 5.96. The zero-order valence-corrected chi connectivity index (χ0v) is 12.1. The van der Waals surface area contributed by atoms with E-state index in [0.717, 1.165) is 43.4 Å². The molecule has 0 bridgehead atoms. The second kappa shape index (κ2) is 7.63. The summed E-state index contributed by atoms with van der Waals surface area (Å²) in [6.07, 6.45) is 10.6. The van der Waals surface area contributed by atoms with Crippen LogP contribution in [0.15, 0.2) is 4.52 Å². The van der Waals surface area contributed by atoms with Crippen LogP contribution in [0.3, 0.4) is 0 Å². The number of unbranched alkanes of at least 4 members (excludes halogenated alkanes) is 3. The predicted molar refractivity (Wildman–Crippen MR) is 75.9 cm³/mol. The van der Waals surface area contributed by atoms with Crippen molar-refractivity contribution in [1.82, 2.24) is 10.1 Å². The van der Waals surface area contributed by atoms with Gasteiger partial charge in [-0.2, -0.15) is 4.98 Å². The SMILES string of the molecule is CC1CCC(c2noc(CCCCCCN)n2)CC1. The molecule has 4 nitrogen and oxygen atoms in total. The van der Waals surface area contributed by atoms with E-state index in [0.29, 0.717) is 5.92 Å². The van der Waals surface area contributed by atoms with Crippen molar-refractivity contribution in [2.45, 2.75) is 70.6 Å². The molecule has 2 rings (SSSR count). The average molecular weight is 265 g/mol. The third-order valence-electron chi connectivity index (χ3n) is 4.21. The minimum absolute atomic E-state index is 0.533. The second-order valence-corrected chi connectivity index (χ2v) is 5.96. The lowest BCUT2D eigenvalue weighted by atomic mass is 9.83. The minimum atomic E-state index is 0.533. The first-order valence-electron chi connectivity index (χ1n) is 7.82. The van der Waals surface area contributed by atoms with Gasteiger partial charge in [0.15, 0.2) is 5.82 Å². The van der Waals surface area contributed by atoms with Crippen molar-refractivity contribution < 1.29 is 4.52 Å². The molecule has 2 N–H and O–H groups in total. The lowest BCUT2D eigenvalue weighted by Gasteiger charge is -2.23. The first-order chi connectivity index (χ1) is 9.29. The molecule has 0 amide bonds. The van der Waals surface area contributed by atoms with Crippen LogP contribution in [0, 0.1) is 5.92 Å². The molecule has 0 spiro atoms. The van der Waals surface area contributed by atoms with Gasteiger partial charge in [-0.05, 0) is 38.1 Å². The third-order valence-corrected chi connectivity index (χ3v) is 4.21. The largest absolute Gasteiger partial charge is 0.339 e. The third kappa shape index (κ3) is 4.60. The molecule has 0 unspecified atom stereocenters. The lowest BCUT2D eigenvalue weighted by Crippen LogP contribution is -2.12. The van der Waals surface area contributed by atoms with Crippen molar-refractivity contribution in [3.05, 3.63) is 11.7 Å². The van der Waals surface area contributed by atoms with Gasteiger partial charge in [-0.15, -0.1) is 0 Å². The molecule has 1 heterocycles. The fourth-order valence-electron chi connectivity index (χ4n) is 2.83. The molecule has 4 heteroatoms. The van der Waals surface area contributed by atoms with E-state index in [1.165, 1.54) is 38.5 Å². The Morgan fingerprint density at radius 3 is 2.58 bits per heavy atom. The van der Waals surface area contributed by atoms with Crippen molar-refractivity contribution >= 4 is 0 Å². The number of rotatable bonds is 7. The van der Waals surface area contributed by atoms with E-state index in [4.69, 9.17) is 10.3 Å². The minimum Gasteiger partial charge on any atom is -0.339 e. The highest BCUT2D eigenvalue weighted by Gasteiger charge is 2.23. The summed E-state index contributed by atoms with van der Waals surface area (Å²) in [6, 6.07) is 0. The van der Waals surface area contributed by atoms with Crippen molar-refractivity contribution in [3.8, 4) is 0 Å². The van der Waals surface area contributed by atoms with Crippen LogP contribution in [0.2, 0.25) is 0 Å². The quantitative estimate of drug-likeness (QED) is 0.767. The Morgan fingerprint density at radius 1 is 1.11 bits per heavy atom. The summed E-state index contributed by atoms with van der Waals surface area (Å²) < 4.78 is 5.37. The van der Waals surface area contributed by atoms with Gasteiger partial charge in [-0.3, -0.25) is 0 Å². The molecular weight excluding hydrogens is 238 g/mol. The summed E-state index contributed by atoms with van der Waals surface area (Å²) in [7, 11) is 0. The number of aryl methyl sites for hydroxylation is 1. The number of nitrogens with zero attached hydrogens (tertiary/aromatic N) is 2. The highest BCUT2D eigenvalue weighted by atomic mass is 16.5. The Kier molecular flexibility index (Phi) is 5.83. The van der Waals surface area contributed by atoms with Gasteiger partial charge < -0.3 is 10.3 Å². The first kappa shape index (κ1) is 14.5. The van der Waals surface area contributed by atoms with Crippen LogP contribution < -0.4 is 5.73 Å². The molecule has 1 aromatic rings. The molecule has 1 aliphatic carbocycles. The van der Waals surface area contributed by atoms with Gasteiger partial charge in [0.2, 0.25) is 5.89 Å². The van der Waals surface area contributed by atoms with Gasteiger partial charge >= 0.3 is 0 Å². The normalized spacial score (nSPS) is 23.7. The summed E-state index contributed by atoms with van der Waals surface area (Å²) >= 11 is 0. The van der Waals surface area contributed by atoms with Crippen LogP contribution in [-0.4, -0.2) is 16.7 Å². The maximum atomic E-state index is 5.48. The molecular formula is C15H27N3O. The van der Waals surface area contributed by atoms with Gasteiger partial charge in [0, 0.05) is 12.3 Å². The zero-order valence-electron chi connectivity index (χ0n) is 12.1. The van der Waals surface area contributed by atoms with Crippen molar-refractivity contribution in [1.29, 1.82) is 0 Å². The summed E-state index contributed by atoms with van der Waals surface area (Å²) in [6.45, 7) is 3.13. The average Bonchev–Trinajstić information content (AvgIpc) is 2.88. The topological polar surface area (TPSA) is 64.9 Å². The fourth-order valence-corrected chi connectivity index (χ4v) is 2.83. The lowest BCUT2D eigenvalue weighted by molar-refractivity contribution is 0.323. The Bertz CT molecular complexity index is 356. The van der Waals surface area contributed by atoms with E-state index in [-0.39, 0.29) is 0 Å². The molecule has 1 aromatic heterocycles. The Labute approximate surface area is 116 Å². The molecule has 108 valence electrons. The molecule has 1 aliphatic rings. The van der Waals surface area contributed by atoms with Gasteiger partial charge in [-0.25, -0.2) is 0 Å². The van der Waals surface area contributed by atoms with Crippen LogP contribution in [0.4, 0.5) is 0 Å². The summed E-state index contributed by atoms with van der Waals surface area (Å²) in [4.78, 5) is 4.57. The van der Waals surface area contributed by atoms with E-state index in [1.54, 1.807) is 0 Å². The Balaban J connectivity index is 1.72. The van der Waals surface area contributed by atoms with E-state index in [2.05, 4.69) is 17.1 Å². The van der Waals surface area contributed by atoms with E-state index >= 15 is 0 Å². The Morgan fingerprint density at radius 2 is 1.84 bits per heavy atom. The van der Waals surface area contributed by atoms with Crippen LogP contribution >= 0.6 is 0 Å². The molecule has 19 heavy (non-hydrogen) atoms. The summed E-state index contributed by atoms with van der Waals surface area (Å²) in [5.41, 5.74) is 5.48. The maximum Gasteiger partial charge on any atom is 0.226 e. The number of nitrogens with two attached hydrogens (primary N) is 1. The fraction of sp³-hybridized carbons (Fsp3) is 0.867. The van der Waals surface area contributed by atoms with Gasteiger partial charge in [0.25, 0.3) is 0 Å². The highest BCUT2D eigenvalue weighted by molar-refractivity contribution is 4.97. The Hall–Kier alpha value is -0.900. The van der Waals surface area contributed by atoms with E-state index < -0.39 is 0 Å². The molecule has 1 fully saturated rings. The van der Waals surface area contributed by atoms with Gasteiger partial charge in [-0.1, -0.05) is 37.8 Å². The summed E-state index contributed by atoms with van der Waals surface area (Å²) in [5, 5.41) is 4.17. The molecule has 0 saturated heterocycles. The highest BCUT2D eigenvalue weighted by Crippen LogP contribution is 2.34. The first-order valence-corrected chi connectivity index (χ1v) is 7.82. The van der Waals surface area contributed by atoms with Crippen LogP contribution in [0.1, 0.15) is 75.9 Å². The van der Waals surface area contributed by atoms with Crippen molar-refractivity contribution in [2.24, 2.45) is 11.7 Å². The zero-order chi connectivity index (χ0) is 13.5. The number of aromatic nitrogens is 2. The van der Waals surface area contributed by atoms with Crippen molar-refractivity contribution in [2.75, 3.05) is 6.54 Å². The molecule has 0 aliphatic heterocycles. The standard InChI is InChI=1S/C15H27N3O/c1-12-7-9-13(10-8-12)15-17-14(19-18-15)6-4-2-3-5-11-16/h12-13H,2-11,16H2,1H3. The van der Waals surface area contributed by atoms with Crippen LogP contribution in [0.25, 0.3) is 0 Å². The monoisotopic (exact) mass is 265 g/mol. The molecule has 0 atom stereocenters. The smallest absolute Gasteiger partial charge is 0.226 e. The van der Waals surface area contributed by atoms with Crippen molar-refractivity contribution in [3.63, 3.8) is 0 Å². The predicted octanol–water partition coefficient (Wildman–Crippen LogP) is 3.42. The maximum absolute atomic E-state index is 5.48. The van der Waals surface area contributed by atoms with Gasteiger partial charge in [0.1, 0.15) is 0 Å². The number of hydrogen-bond acceptors (Lipinski definition) is 4. The van der Waals surface area contributed by atoms with E-state index in [1.807, 2.05) is 0 Å². The van der Waals surface area contributed by atoms with E-state index in [9.17, 15) is 0 Å². The molecule has 1 saturated carbocycles.